The van der Waals surface area contributed by atoms with E-state index in [9.17, 15) is 0 Å². The molecule has 0 unspecified atom stereocenters. The monoisotopic (exact) mass is 272 g/mol. The van der Waals surface area contributed by atoms with Gasteiger partial charge in [0.2, 0.25) is 0 Å². The molecule has 0 amide bonds. The molecule has 2 aromatic rings. The molecule has 0 fully saturated rings. The Balaban J connectivity index is 2.10. The number of hydrogen-bond acceptors (Lipinski definition) is 4. The number of nitrogen functional groups attached to an aromatic ring is 1. The van der Waals surface area contributed by atoms with Crippen molar-refractivity contribution in [3.05, 3.63) is 42.5 Å². The first kappa shape index (κ1) is 14.1. The molecule has 0 aliphatic rings. The van der Waals surface area contributed by atoms with Gasteiger partial charge in [-0.25, -0.2) is 0 Å². The third-order valence-corrected chi connectivity index (χ3v) is 2.75. The van der Waals surface area contributed by atoms with Crippen LogP contribution < -0.4 is 20.5 Å². The van der Waals surface area contributed by atoms with E-state index in [-0.39, 0.29) is 6.10 Å². The molecule has 0 bridgehead atoms. The number of anilines is 3. The Kier molecular flexibility index (Phi) is 4.35. The van der Waals surface area contributed by atoms with Crippen LogP contribution in [0.4, 0.5) is 17.1 Å². The predicted molar refractivity (Wildman–Crippen MR) is 82.9 cm³/mol. The molecule has 4 nitrogen and oxygen atoms in total. The fraction of sp³-hybridized carbons (Fsp3) is 0.250. The summed E-state index contributed by atoms with van der Waals surface area (Å²) < 4.78 is 10.8. The Bertz CT molecular complexity index is 565. The number of hydrogen-bond donors (Lipinski definition) is 2. The highest BCUT2D eigenvalue weighted by Gasteiger charge is 2.02. The molecule has 0 spiro atoms. The first-order chi connectivity index (χ1) is 9.58. The second-order valence-corrected chi connectivity index (χ2v) is 4.77. The number of rotatable bonds is 5. The third kappa shape index (κ3) is 3.57. The minimum atomic E-state index is 0.176. The molecule has 0 heterocycles. The van der Waals surface area contributed by atoms with Crippen molar-refractivity contribution in [2.24, 2.45) is 0 Å². The summed E-state index contributed by atoms with van der Waals surface area (Å²) in [4.78, 5) is 0. The van der Waals surface area contributed by atoms with Crippen molar-refractivity contribution in [3.8, 4) is 11.5 Å². The lowest BCUT2D eigenvalue weighted by Gasteiger charge is -2.12. The average molecular weight is 272 g/mol. The van der Waals surface area contributed by atoms with E-state index < -0.39 is 0 Å². The smallest absolute Gasteiger partial charge is 0.143 e. The van der Waals surface area contributed by atoms with Crippen LogP contribution in [-0.4, -0.2) is 13.2 Å². The predicted octanol–water partition coefficient (Wildman–Crippen LogP) is 3.81. The van der Waals surface area contributed by atoms with E-state index in [4.69, 9.17) is 15.2 Å². The first-order valence-corrected chi connectivity index (χ1v) is 6.55. The normalized spacial score (nSPS) is 10.4. The van der Waals surface area contributed by atoms with E-state index in [1.807, 2.05) is 56.3 Å². The zero-order valence-electron chi connectivity index (χ0n) is 12.0. The molecule has 0 aliphatic heterocycles. The van der Waals surface area contributed by atoms with Gasteiger partial charge in [0.25, 0.3) is 0 Å². The van der Waals surface area contributed by atoms with E-state index in [0.29, 0.717) is 11.4 Å². The SMILES string of the molecule is COc1cc(Nc2ccc(OC(C)C)cc2)ccc1N. The number of ether oxygens (including phenoxy) is 2. The molecule has 2 aromatic carbocycles. The molecule has 0 saturated carbocycles. The zero-order valence-corrected chi connectivity index (χ0v) is 12.0. The molecule has 0 radical (unpaired) electrons. The second kappa shape index (κ2) is 6.19. The Morgan fingerprint density at radius 3 is 2.25 bits per heavy atom. The Morgan fingerprint density at radius 2 is 1.65 bits per heavy atom. The molecule has 20 heavy (non-hydrogen) atoms. The van der Waals surface area contributed by atoms with Gasteiger partial charge in [-0.15, -0.1) is 0 Å². The summed E-state index contributed by atoms with van der Waals surface area (Å²) in [6.07, 6.45) is 0.176. The topological polar surface area (TPSA) is 56.5 Å². The number of benzene rings is 2. The Labute approximate surface area is 119 Å². The van der Waals surface area contributed by atoms with E-state index in [1.165, 1.54) is 0 Å². The van der Waals surface area contributed by atoms with E-state index in [1.54, 1.807) is 7.11 Å². The van der Waals surface area contributed by atoms with Gasteiger partial charge in [-0.1, -0.05) is 0 Å². The van der Waals surface area contributed by atoms with Crippen molar-refractivity contribution in [2.45, 2.75) is 20.0 Å². The standard InChI is InChI=1S/C16H20N2O2/c1-11(2)20-14-7-4-12(5-8-14)18-13-6-9-15(17)16(10-13)19-3/h4-11,18H,17H2,1-3H3. The molecule has 0 aromatic heterocycles. The maximum absolute atomic E-state index is 5.79. The molecule has 0 atom stereocenters. The van der Waals surface area contributed by atoms with Crippen LogP contribution in [-0.2, 0) is 0 Å². The molecule has 0 saturated heterocycles. The summed E-state index contributed by atoms with van der Waals surface area (Å²) in [6.45, 7) is 4.01. The van der Waals surface area contributed by atoms with Gasteiger partial charge in [-0.05, 0) is 50.2 Å². The van der Waals surface area contributed by atoms with Crippen LogP contribution in [0.5, 0.6) is 11.5 Å². The largest absolute Gasteiger partial charge is 0.495 e. The van der Waals surface area contributed by atoms with Gasteiger partial charge < -0.3 is 20.5 Å². The highest BCUT2D eigenvalue weighted by Crippen LogP contribution is 2.27. The summed E-state index contributed by atoms with van der Waals surface area (Å²) in [5, 5.41) is 3.30. The minimum Gasteiger partial charge on any atom is -0.495 e. The van der Waals surface area contributed by atoms with Gasteiger partial charge in [0.15, 0.2) is 0 Å². The highest BCUT2D eigenvalue weighted by molar-refractivity contribution is 5.67. The molecule has 2 rings (SSSR count). The van der Waals surface area contributed by atoms with E-state index in [0.717, 1.165) is 17.1 Å². The van der Waals surface area contributed by atoms with Crippen molar-refractivity contribution in [2.75, 3.05) is 18.2 Å². The number of nitrogens with one attached hydrogen (secondary N) is 1. The molecule has 3 N–H and O–H groups in total. The lowest BCUT2D eigenvalue weighted by Crippen LogP contribution is -2.05. The molecular formula is C16H20N2O2. The molecular weight excluding hydrogens is 252 g/mol. The lowest BCUT2D eigenvalue weighted by atomic mass is 10.2. The summed E-state index contributed by atoms with van der Waals surface area (Å²) in [5.41, 5.74) is 8.32. The van der Waals surface area contributed by atoms with Gasteiger partial charge in [0, 0.05) is 17.4 Å². The van der Waals surface area contributed by atoms with Crippen LogP contribution in [0.1, 0.15) is 13.8 Å². The molecule has 106 valence electrons. The fourth-order valence-electron chi connectivity index (χ4n) is 1.84. The highest BCUT2D eigenvalue weighted by atomic mass is 16.5. The fourth-order valence-corrected chi connectivity index (χ4v) is 1.84. The first-order valence-electron chi connectivity index (χ1n) is 6.55. The maximum Gasteiger partial charge on any atom is 0.143 e. The number of methoxy groups -OCH3 is 1. The summed E-state index contributed by atoms with van der Waals surface area (Å²) in [6, 6.07) is 13.4. The van der Waals surface area contributed by atoms with Crippen LogP contribution in [0.15, 0.2) is 42.5 Å². The van der Waals surface area contributed by atoms with Crippen molar-refractivity contribution < 1.29 is 9.47 Å². The van der Waals surface area contributed by atoms with Gasteiger partial charge in [0.1, 0.15) is 11.5 Å². The van der Waals surface area contributed by atoms with Crippen LogP contribution >= 0.6 is 0 Å². The summed E-state index contributed by atoms with van der Waals surface area (Å²) in [7, 11) is 1.60. The Hall–Kier alpha value is -2.36. The number of nitrogens with two attached hydrogens (primary N) is 1. The van der Waals surface area contributed by atoms with Crippen molar-refractivity contribution in [1.82, 2.24) is 0 Å². The van der Waals surface area contributed by atoms with Gasteiger partial charge in [-0.3, -0.25) is 0 Å². The van der Waals surface area contributed by atoms with E-state index in [2.05, 4.69) is 5.32 Å². The quantitative estimate of drug-likeness (QED) is 0.813. The van der Waals surface area contributed by atoms with Crippen molar-refractivity contribution in [1.29, 1.82) is 0 Å². The summed E-state index contributed by atoms with van der Waals surface area (Å²) >= 11 is 0. The average Bonchev–Trinajstić information content (AvgIpc) is 2.42. The third-order valence-electron chi connectivity index (χ3n) is 2.75. The van der Waals surface area contributed by atoms with Gasteiger partial charge in [0.05, 0.1) is 18.9 Å². The van der Waals surface area contributed by atoms with E-state index >= 15 is 0 Å². The molecule has 4 heteroatoms. The van der Waals surface area contributed by atoms with Crippen LogP contribution in [0, 0.1) is 0 Å². The van der Waals surface area contributed by atoms with Gasteiger partial charge in [-0.2, -0.15) is 0 Å². The minimum absolute atomic E-state index is 0.176. The Morgan fingerprint density at radius 1 is 1.00 bits per heavy atom. The van der Waals surface area contributed by atoms with Crippen LogP contribution in [0.2, 0.25) is 0 Å². The zero-order chi connectivity index (χ0) is 14.5. The van der Waals surface area contributed by atoms with Gasteiger partial charge >= 0.3 is 0 Å². The van der Waals surface area contributed by atoms with Crippen molar-refractivity contribution in [3.63, 3.8) is 0 Å². The summed E-state index contributed by atoms with van der Waals surface area (Å²) in [5.74, 6) is 1.52. The molecule has 0 aliphatic carbocycles. The van der Waals surface area contributed by atoms with Crippen LogP contribution in [0.25, 0.3) is 0 Å². The lowest BCUT2D eigenvalue weighted by molar-refractivity contribution is 0.242. The van der Waals surface area contributed by atoms with Crippen LogP contribution in [0.3, 0.4) is 0 Å². The second-order valence-electron chi connectivity index (χ2n) is 4.77. The van der Waals surface area contributed by atoms with Crippen molar-refractivity contribution >= 4 is 17.1 Å². The maximum atomic E-state index is 5.79.